The van der Waals surface area contributed by atoms with Gasteiger partial charge in [0.05, 0.1) is 23.2 Å². The Bertz CT molecular complexity index is 881. The fraction of sp³-hybridized carbons (Fsp3) is 0.167. The predicted molar refractivity (Wildman–Crippen MR) is 93.5 cm³/mol. The van der Waals surface area contributed by atoms with Crippen molar-refractivity contribution in [2.75, 3.05) is 4.72 Å². The zero-order valence-electron chi connectivity index (χ0n) is 13.1. The number of ether oxygens (including phenoxy) is 1. The van der Waals surface area contributed by atoms with Gasteiger partial charge in [-0.3, -0.25) is 4.98 Å². The Labute approximate surface area is 147 Å². The van der Waals surface area contributed by atoms with Gasteiger partial charge in [0.2, 0.25) is 0 Å². The van der Waals surface area contributed by atoms with Crippen molar-refractivity contribution in [3.05, 3.63) is 60.4 Å². The summed E-state index contributed by atoms with van der Waals surface area (Å²) >= 11 is 1.19. The number of aromatic nitrogens is 2. The van der Waals surface area contributed by atoms with Crippen LogP contribution in [0.3, 0.4) is 0 Å². The van der Waals surface area contributed by atoms with Gasteiger partial charge in [-0.25, -0.2) is 8.78 Å². The molecule has 0 atom stereocenters. The highest BCUT2D eigenvalue weighted by Gasteiger charge is 2.25. The van der Waals surface area contributed by atoms with Gasteiger partial charge in [-0.15, -0.1) is 0 Å². The number of halogens is 2. The lowest BCUT2D eigenvalue weighted by Crippen LogP contribution is -2.00. The van der Waals surface area contributed by atoms with Crippen LogP contribution < -0.4 is 9.46 Å². The molecule has 25 heavy (non-hydrogen) atoms. The SMILES string of the molecule is Fc1cc(OC2CC2)c(F)cc1NSc1c[nH]c(-c2ccccn2)c1. The summed E-state index contributed by atoms with van der Waals surface area (Å²) in [5.74, 6) is -1.15. The molecule has 1 aromatic carbocycles. The van der Waals surface area contributed by atoms with Crippen LogP contribution in [0.1, 0.15) is 12.8 Å². The minimum absolute atomic E-state index is 0.0203. The van der Waals surface area contributed by atoms with Crippen molar-refractivity contribution in [1.29, 1.82) is 0 Å². The molecule has 0 spiro atoms. The molecule has 7 heteroatoms. The summed E-state index contributed by atoms with van der Waals surface area (Å²) in [4.78, 5) is 8.20. The molecule has 1 aliphatic rings. The molecular formula is C18H15F2N3OS. The number of benzene rings is 1. The van der Waals surface area contributed by atoms with Gasteiger partial charge in [0.1, 0.15) is 0 Å². The molecule has 3 aromatic rings. The van der Waals surface area contributed by atoms with Crippen LogP contribution in [-0.4, -0.2) is 16.1 Å². The normalized spacial score (nSPS) is 13.7. The minimum Gasteiger partial charge on any atom is -0.487 e. The van der Waals surface area contributed by atoms with Crippen molar-refractivity contribution in [2.24, 2.45) is 0 Å². The fourth-order valence-electron chi connectivity index (χ4n) is 2.28. The first-order valence-corrected chi connectivity index (χ1v) is 8.69. The topological polar surface area (TPSA) is 49.9 Å². The Hall–Kier alpha value is -2.54. The van der Waals surface area contributed by atoms with Gasteiger partial charge in [-0.2, -0.15) is 0 Å². The van der Waals surface area contributed by atoms with E-state index >= 15 is 0 Å². The Morgan fingerprint density at radius 2 is 2.04 bits per heavy atom. The smallest absolute Gasteiger partial charge is 0.167 e. The molecule has 0 radical (unpaired) electrons. The first-order valence-electron chi connectivity index (χ1n) is 7.87. The van der Waals surface area contributed by atoms with E-state index in [0.717, 1.165) is 41.3 Å². The fourth-order valence-corrected chi connectivity index (χ4v) is 2.96. The molecule has 0 aliphatic heterocycles. The molecule has 0 unspecified atom stereocenters. The van der Waals surface area contributed by atoms with Crippen molar-refractivity contribution in [3.63, 3.8) is 0 Å². The Morgan fingerprint density at radius 1 is 1.16 bits per heavy atom. The number of rotatable bonds is 6. The van der Waals surface area contributed by atoms with E-state index in [9.17, 15) is 8.78 Å². The highest BCUT2D eigenvalue weighted by Crippen LogP contribution is 2.33. The quantitative estimate of drug-likeness (QED) is 0.607. The molecule has 0 amide bonds. The number of hydrogen-bond donors (Lipinski definition) is 2. The highest BCUT2D eigenvalue weighted by atomic mass is 32.2. The first-order chi connectivity index (χ1) is 12.2. The van der Waals surface area contributed by atoms with Crippen LogP contribution in [0.2, 0.25) is 0 Å². The van der Waals surface area contributed by atoms with Crippen molar-refractivity contribution in [3.8, 4) is 17.1 Å². The molecule has 2 N–H and O–H groups in total. The van der Waals surface area contributed by atoms with Gasteiger partial charge < -0.3 is 14.4 Å². The van der Waals surface area contributed by atoms with E-state index in [1.165, 1.54) is 11.9 Å². The number of nitrogens with one attached hydrogen (secondary N) is 2. The maximum atomic E-state index is 14.1. The average molecular weight is 359 g/mol. The molecule has 4 nitrogen and oxygen atoms in total. The van der Waals surface area contributed by atoms with Gasteiger partial charge in [-0.1, -0.05) is 6.07 Å². The maximum Gasteiger partial charge on any atom is 0.167 e. The molecule has 2 heterocycles. The molecule has 1 saturated carbocycles. The number of anilines is 1. The number of hydrogen-bond acceptors (Lipinski definition) is 4. The van der Waals surface area contributed by atoms with Crippen LogP contribution in [0.5, 0.6) is 5.75 Å². The van der Waals surface area contributed by atoms with Gasteiger partial charge in [0.15, 0.2) is 17.4 Å². The third-order valence-electron chi connectivity index (χ3n) is 3.72. The Kier molecular flexibility index (Phi) is 4.31. The predicted octanol–water partition coefficient (Wildman–Crippen LogP) is 5.02. The van der Waals surface area contributed by atoms with E-state index in [4.69, 9.17) is 4.74 Å². The van der Waals surface area contributed by atoms with E-state index in [1.807, 2.05) is 24.3 Å². The highest BCUT2D eigenvalue weighted by molar-refractivity contribution is 8.00. The van der Waals surface area contributed by atoms with E-state index in [-0.39, 0.29) is 17.5 Å². The summed E-state index contributed by atoms with van der Waals surface area (Å²) in [7, 11) is 0. The van der Waals surface area contributed by atoms with Crippen LogP contribution in [-0.2, 0) is 0 Å². The lowest BCUT2D eigenvalue weighted by Gasteiger charge is -2.10. The lowest BCUT2D eigenvalue weighted by atomic mass is 10.3. The summed E-state index contributed by atoms with van der Waals surface area (Å²) in [6, 6.07) is 9.73. The van der Waals surface area contributed by atoms with Crippen LogP contribution in [0.25, 0.3) is 11.4 Å². The van der Waals surface area contributed by atoms with Gasteiger partial charge in [-0.05, 0) is 43.0 Å². The monoisotopic (exact) mass is 359 g/mol. The number of pyridine rings is 1. The molecule has 4 rings (SSSR count). The summed E-state index contributed by atoms with van der Waals surface area (Å²) in [5, 5.41) is 0. The number of H-pyrrole nitrogens is 1. The van der Waals surface area contributed by atoms with Gasteiger partial charge >= 0.3 is 0 Å². The zero-order valence-corrected chi connectivity index (χ0v) is 13.9. The van der Waals surface area contributed by atoms with Crippen molar-refractivity contribution < 1.29 is 13.5 Å². The Balaban J connectivity index is 1.44. The standard InChI is InChI=1S/C18H15F2N3OS/c19-13-9-18(24-11-4-5-11)14(20)8-16(13)23-25-12-7-17(22-10-12)15-3-1-2-6-21-15/h1-3,6-11,22-23H,4-5H2. The molecule has 1 aliphatic carbocycles. The van der Waals surface area contributed by atoms with E-state index in [2.05, 4.69) is 14.7 Å². The van der Waals surface area contributed by atoms with E-state index in [0.29, 0.717) is 0 Å². The number of nitrogens with zero attached hydrogens (tertiary/aromatic N) is 1. The molecular weight excluding hydrogens is 344 g/mol. The average Bonchev–Trinajstić information content (AvgIpc) is 3.31. The van der Waals surface area contributed by atoms with Gasteiger partial charge in [0.25, 0.3) is 0 Å². The van der Waals surface area contributed by atoms with Crippen molar-refractivity contribution >= 4 is 17.6 Å². The van der Waals surface area contributed by atoms with Crippen molar-refractivity contribution in [2.45, 2.75) is 23.8 Å². The maximum absolute atomic E-state index is 14.1. The van der Waals surface area contributed by atoms with Crippen LogP contribution >= 0.6 is 11.9 Å². The number of aromatic amines is 1. The molecule has 2 aromatic heterocycles. The second-order valence-electron chi connectivity index (χ2n) is 5.75. The minimum atomic E-state index is -0.570. The summed E-state index contributed by atoms with van der Waals surface area (Å²) in [6.07, 6.45) is 5.30. The Morgan fingerprint density at radius 3 is 2.80 bits per heavy atom. The first kappa shape index (κ1) is 16.0. The summed E-state index contributed by atoms with van der Waals surface area (Å²) in [6.45, 7) is 0. The summed E-state index contributed by atoms with van der Waals surface area (Å²) < 4.78 is 36.3. The third-order valence-corrected chi connectivity index (χ3v) is 4.51. The van der Waals surface area contributed by atoms with E-state index in [1.54, 1.807) is 12.4 Å². The third kappa shape index (κ3) is 3.76. The lowest BCUT2D eigenvalue weighted by molar-refractivity contribution is 0.286. The van der Waals surface area contributed by atoms with Crippen LogP contribution in [0, 0.1) is 11.6 Å². The molecule has 0 saturated heterocycles. The van der Waals surface area contributed by atoms with Crippen LogP contribution in [0.15, 0.2) is 53.7 Å². The van der Waals surface area contributed by atoms with E-state index < -0.39 is 11.6 Å². The zero-order chi connectivity index (χ0) is 17.2. The van der Waals surface area contributed by atoms with Crippen molar-refractivity contribution in [1.82, 2.24) is 9.97 Å². The molecule has 128 valence electrons. The summed E-state index contributed by atoms with van der Waals surface area (Å²) in [5.41, 5.74) is 1.74. The van der Waals surface area contributed by atoms with Crippen LogP contribution in [0.4, 0.5) is 14.5 Å². The molecule has 0 bridgehead atoms. The molecule has 1 fully saturated rings. The largest absolute Gasteiger partial charge is 0.487 e. The second-order valence-corrected chi connectivity index (χ2v) is 6.63. The second kappa shape index (κ2) is 6.76. The van der Waals surface area contributed by atoms with Gasteiger partial charge in [0, 0.05) is 29.4 Å².